The molecule has 1 heterocycles. The Hall–Kier alpha value is -0.570. The summed E-state index contributed by atoms with van der Waals surface area (Å²) in [5, 5.41) is 9.42. The van der Waals surface area contributed by atoms with Gasteiger partial charge in [0.05, 0.1) is 6.10 Å². The summed E-state index contributed by atoms with van der Waals surface area (Å²) in [5.41, 5.74) is 0. The second kappa shape index (κ2) is 3.48. The molecule has 0 spiro atoms. The SMILES string of the molecule is O=C(C1C2CCCCC21)N1CC[C@@H](O)C1. The van der Waals surface area contributed by atoms with Crippen LogP contribution in [0.2, 0.25) is 0 Å². The van der Waals surface area contributed by atoms with E-state index in [1.54, 1.807) is 0 Å². The molecular weight excluding hydrogens is 190 g/mol. The van der Waals surface area contributed by atoms with Crippen LogP contribution in [-0.2, 0) is 4.79 Å². The molecule has 2 aliphatic carbocycles. The van der Waals surface area contributed by atoms with Crippen LogP contribution < -0.4 is 0 Å². The number of aliphatic hydroxyl groups excluding tert-OH is 1. The second-order valence-corrected chi connectivity index (χ2v) is 5.36. The minimum atomic E-state index is -0.269. The lowest BCUT2D eigenvalue weighted by Gasteiger charge is -2.15. The fourth-order valence-corrected chi connectivity index (χ4v) is 3.51. The highest BCUT2D eigenvalue weighted by molar-refractivity contribution is 5.82. The zero-order valence-electron chi connectivity index (χ0n) is 9.06. The third-order valence-electron chi connectivity index (χ3n) is 4.42. The smallest absolute Gasteiger partial charge is 0.226 e. The van der Waals surface area contributed by atoms with E-state index >= 15 is 0 Å². The molecule has 84 valence electrons. The summed E-state index contributed by atoms with van der Waals surface area (Å²) >= 11 is 0. The molecular formula is C12H19NO2. The lowest BCUT2D eigenvalue weighted by molar-refractivity contribution is -0.132. The molecule has 3 heteroatoms. The molecule has 15 heavy (non-hydrogen) atoms. The lowest BCUT2D eigenvalue weighted by atomic mass is 10.0. The first-order valence-corrected chi connectivity index (χ1v) is 6.24. The van der Waals surface area contributed by atoms with E-state index in [0.29, 0.717) is 30.2 Å². The number of amides is 1. The van der Waals surface area contributed by atoms with Crippen molar-refractivity contribution in [3.63, 3.8) is 0 Å². The fraction of sp³-hybridized carbons (Fsp3) is 0.917. The molecule has 0 bridgehead atoms. The average molecular weight is 209 g/mol. The Morgan fingerprint density at radius 1 is 1.13 bits per heavy atom. The predicted molar refractivity (Wildman–Crippen MR) is 56.1 cm³/mol. The molecule has 3 rings (SSSR count). The minimum Gasteiger partial charge on any atom is -0.391 e. The summed E-state index contributed by atoms with van der Waals surface area (Å²) < 4.78 is 0. The summed E-state index contributed by atoms with van der Waals surface area (Å²) in [4.78, 5) is 14.0. The van der Waals surface area contributed by atoms with Crippen LogP contribution >= 0.6 is 0 Å². The zero-order valence-corrected chi connectivity index (χ0v) is 9.06. The third-order valence-corrected chi connectivity index (χ3v) is 4.42. The fourth-order valence-electron chi connectivity index (χ4n) is 3.51. The van der Waals surface area contributed by atoms with Crippen LogP contribution in [0.5, 0.6) is 0 Å². The Kier molecular flexibility index (Phi) is 2.23. The Balaban J connectivity index is 1.61. The largest absolute Gasteiger partial charge is 0.391 e. The number of nitrogens with zero attached hydrogens (tertiary/aromatic N) is 1. The van der Waals surface area contributed by atoms with E-state index in [1.165, 1.54) is 25.7 Å². The van der Waals surface area contributed by atoms with Gasteiger partial charge < -0.3 is 10.0 Å². The number of hydrogen-bond donors (Lipinski definition) is 1. The first kappa shape index (κ1) is 9.64. The highest BCUT2D eigenvalue weighted by atomic mass is 16.3. The molecule has 0 radical (unpaired) electrons. The van der Waals surface area contributed by atoms with Crippen LogP contribution in [0.15, 0.2) is 0 Å². The van der Waals surface area contributed by atoms with E-state index in [0.717, 1.165) is 13.0 Å². The molecule has 1 aliphatic heterocycles. The molecule has 3 nitrogen and oxygen atoms in total. The van der Waals surface area contributed by atoms with Crippen molar-refractivity contribution in [3.05, 3.63) is 0 Å². The molecule has 1 saturated heterocycles. The van der Waals surface area contributed by atoms with Crippen molar-refractivity contribution in [1.29, 1.82) is 0 Å². The number of aliphatic hydroxyl groups is 1. The topological polar surface area (TPSA) is 40.5 Å². The average Bonchev–Trinajstić information content (AvgIpc) is 2.82. The number of fused-ring (bicyclic) bond motifs is 1. The number of rotatable bonds is 1. The van der Waals surface area contributed by atoms with Gasteiger partial charge in [0.2, 0.25) is 5.91 Å². The van der Waals surface area contributed by atoms with Gasteiger partial charge in [-0.2, -0.15) is 0 Å². The van der Waals surface area contributed by atoms with Crippen LogP contribution in [0.3, 0.4) is 0 Å². The van der Waals surface area contributed by atoms with Crippen LogP contribution in [-0.4, -0.2) is 35.1 Å². The van der Waals surface area contributed by atoms with Crippen molar-refractivity contribution in [2.45, 2.75) is 38.2 Å². The highest BCUT2D eigenvalue weighted by Crippen LogP contribution is 2.56. The highest BCUT2D eigenvalue weighted by Gasteiger charge is 2.56. The van der Waals surface area contributed by atoms with Gasteiger partial charge in [-0.3, -0.25) is 4.79 Å². The lowest BCUT2D eigenvalue weighted by Crippen LogP contribution is -2.31. The van der Waals surface area contributed by atoms with Crippen molar-refractivity contribution in [2.24, 2.45) is 17.8 Å². The summed E-state index contributed by atoms with van der Waals surface area (Å²) in [6.45, 7) is 1.35. The van der Waals surface area contributed by atoms with E-state index < -0.39 is 0 Å². The molecule has 0 aromatic rings. The number of β-amino-alcohol motifs (C(OH)–C–C–N with tert-alkyl or cyclic N) is 1. The Morgan fingerprint density at radius 2 is 1.80 bits per heavy atom. The van der Waals surface area contributed by atoms with Gasteiger partial charge >= 0.3 is 0 Å². The van der Waals surface area contributed by atoms with Gasteiger partial charge in [-0.25, -0.2) is 0 Å². The predicted octanol–water partition coefficient (Wildman–Crippen LogP) is 1.02. The summed E-state index contributed by atoms with van der Waals surface area (Å²) in [6.07, 6.45) is 5.65. The van der Waals surface area contributed by atoms with Crippen LogP contribution in [0.25, 0.3) is 0 Å². The molecule has 2 saturated carbocycles. The van der Waals surface area contributed by atoms with Gasteiger partial charge in [-0.05, 0) is 31.1 Å². The third kappa shape index (κ3) is 1.57. The number of likely N-dealkylation sites (tertiary alicyclic amines) is 1. The van der Waals surface area contributed by atoms with Crippen LogP contribution in [0, 0.1) is 17.8 Å². The Morgan fingerprint density at radius 3 is 2.33 bits per heavy atom. The van der Waals surface area contributed by atoms with Gasteiger partial charge in [-0.15, -0.1) is 0 Å². The molecule has 0 aromatic heterocycles. The van der Waals surface area contributed by atoms with E-state index in [4.69, 9.17) is 0 Å². The normalized spacial score (nSPS) is 43.9. The van der Waals surface area contributed by atoms with E-state index in [9.17, 15) is 9.90 Å². The summed E-state index contributed by atoms with van der Waals surface area (Å²) in [5.74, 6) is 2.06. The molecule has 1 N–H and O–H groups in total. The van der Waals surface area contributed by atoms with E-state index in [1.807, 2.05) is 4.90 Å². The molecule has 0 aromatic carbocycles. The number of carbonyl (C=O) groups excluding carboxylic acids is 1. The van der Waals surface area contributed by atoms with Gasteiger partial charge in [-0.1, -0.05) is 12.8 Å². The first-order chi connectivity index (χ1) is 7.27. The van der Waals surface area contributed by atoms with Gasteiger partial charge in [0, 0.05) is 19.0 Å². The molecule has 1 amide bonds. The van der Waals surface area contributed by atoms with Gasteiger partial charge in [0.25, 0.3) is 0 Å². The quantitative estimate of drug-likeness (QED) is 0.700. The zero-order chi connectivity index (χ0) is 10.4. The molecule has 2 unspecified atom stereocenters. The maximum atomic E-state index is 12.1. The minimum absolute atomic E-state index is 0.269. The van der Waals surface area contributed by atoms with E-state index in [-0.39, 0.29) is 6.10 Å². The van der Waals surface area contributed by atoms with Crippen LogP contribution in [0.4, 0.5) is 0 Å². The van der Waals surface area contributed by atoms with Crippen LogP contribution in [0.1, 0.15) is 32.1 Å². The maximum Gasteiger partial charge on any atom is 0.226 e. The van der Waals surface area contributed by atoms with Crippen molar-refractivity contribution in [2.75, 3.05) is 13.1 Å². The van der Waals surface area contributed by atoms with Crippen molar-refractivity contribution in [3.8, 4) is 0 Å². The monoisotopic (exact) mass is 209 g/mol. The Bertz CT molecular complexity index is 267. The van der Waals surface area contributed by atoms with E-state index in [2.05, 4.69) is 0 Å². The number of hydrogen-bond acceptors (Lipinski definition) is 2. The Labute approximate surface area is 90.5 Å². The molecule has 3 aliphatic rings. The first-order valence-electron chi connectivity index (χ1n) is 6.24. The maximum absolute atomic E-state index is 12.1. The summed E-state index contributed by atoms with van der Waals surface area (Å²) in [6, 6.07) is 0. The van der Waals surface area contributed by atoms with Crippen molar-refractivity contribution >= 4 is 5.91 Å². The van der Waals surface area contributed by atoms with Crippen molar-refractivity contribution in [1.82, 2.24) is 4.90 Å². The van der Waals surface area contributed by atoms with Gasteiger partial charge in [0.15, 0.2) is 0 Å². The second-order valence-electron chi connectivity index (χ2n) is 5.36. The van der Waals surface area contributed by atoms with Crippen molar-refractivity contribution < 1.29 is 9.90 Å². The summed E-state index contributed by atoms with van der Waals surface area (Å²) in [7, 11) is 0. The molecule has 3 atom stereocenters. The standard InChI is InChI=1S/C12H19NO2/c14-8-5-6-13(7-8)12(15)11-9-3-1-2-4-10(9)11/h8-11,14H,1-7H2/t8-,9?,10?,11?/m1/s1. The van der Waals surface area contributed by atoms with Gasteiger partial charge in [0.1, 0.15) is 0 Å². The number of carbonyl (C=O) groups is 1. The molecule has 3 fully saturated rings.